The number of aliphatic hydroxyl groups is 1. The molecule has 1 atom stereocenters. The number of rotatable bonds is 5. The van der Waals surface area contributed by atoms with Gasteiger partial charge in [0.1, 0.15) is 18.2 Å². The highest BCUT2D eigenvalue weighted by Gasteiger charge is 2.13. The summed E-state index contributed by atoms with van der Waals surface area (Å²) in [6.07, 6.45) is -0.797. The largest absolute Gasteiger partial charge is 0.492 e. The van der Waals surface area contributed by atoms with Crippen molar-refractivity contribution in [1.82, 2.24) is 9.80 Å². The predicted molar refractivity (Wildman–Crippen MR) is 76.5 cm³/mol. The first-order valence-electron chi connectivity index (χ1n) is 7.07. The Bertz CT molecular complexity index is 432. The van der Waals surface area contributed by atoms with E-state index in [1.54, 1.807) is 19.1 Å². The molecule has 1 N–H and O–H groups in total. The van der Waals surface area contributed by atoms with Crippen LogP contribution in [0.2, 0.25) is 0 Å². The van der Waals surface area contributed by atoms with Crippen molar-refractivity contribution < 1.29 is 14.2 Å². The van der Waals surface area contributed by atoms with Gasteiger partial charge in [-0.15, -0.1) is 0 Å². The van der Waals surface area contributed by atoms with Gasteiger partial charge in [-0.1, -0.05) is 0 Å². The van der Waals surface area contributed by atoms with Crippen molar-refractivity contribution in [2.24, 2.45) is 0 Å². The minimum atomic E-state index is -0.797. The Morgan fingerprint density at radius 1 is 1.30 bits per heavy atom. The summed E-state index contributed by atoms with van der Waals surface area (Å²) in [7, 11) is 2.13. The maximum absolute atomic E-state index is 13.7. The number of nitrogens with zero attached hydrogens (tertiary/aromatic N) is 2. The molecule has 1 heterocycles. The van der Waals surface area contributed by atoms with Crippen LogP contribution in [-0.4, -0.2) is 61.3 Å². The Morgan fingerprint density at radius 3 is 2.60 bits per heavy atom. The zero-order chi connectivity index (χ0) is 14.5. The van der Waals surface area contributed by atoms with E-state index >= 15 is 0 Å². The van der Waals surface area contributed by atoms with Crippen LogP contribution in [-0.2, 0) is 0 Å². The topological polar surface area (TPSA) is 35.9 Å². The van der Waals surface area contributed by atoms with Crippen LogP contribution in [0.1, 0.15) is 18.6 Å². The normalized spacial score (nSPS) is 19.0. The first-order valence-corrected chi connectivity index (χ1v) is 7.07. The van der Waals surface area contributed by atoms with E-state index in [-0.39, 0.29) is 0 Å². The molecule has 0 radical (unpaired) electrons. The van der Waals surface area contributed by atoms with Gasteiger partial charge < -0.3 is 14.7 Å². The van der Waals surface area contributed by atoms with E-state index in [2.05, 4.69) is 16.8 Å². The standard InChI is InChI=1S/C15H23FN2O2/c1-12(19)14-4-3-13(11-15(14)16)20-10-9-18-7-5-17(2)6-8-18/h3-4,11-12,19H,5-10H2,1-2H3/t12-/m1/s1. The highest BCUT2D eigenvalue weighted by molar-refractivity contribution is 5.29. The van der Waals surface area contributed by atoms with E-state index in [9.17, 15) is 9.50 Å². The Hall–Kier alpha value is -1.17. The average Bonchev–Trinajstić information content (AvgIpc) is 2.41. The number of halogens is 1. The molecule has 0 aliphatic carbocycles. The second-order valence-corrected chi connectivity index (χ2v) is 5.35. The van der Waals surface area contributed by atoms with Crippen LogP contribution in [0.25, 0.3) is 0 Å². The van der Waals surface area contributed by atoms with Gasteiger partial charge in [0.15, 0.2) is 0 Å². The van der Waals surface area contributed by atoms with Crippen molar-refractivity contribution in [3.8, 4) is 5.75 Å². The molecule has 1 fully saturated rings. The van der Waals surface area contributed by atoms with Crippen LogP contribution in [0.5, 0.6) is 5.75 Å². The minimum absolute atomic E-state index is 0.302. The Balaban J connectivity index is 1.78. The number of ether oxygens (including phenoxy) is 1. The van der Waals surface area contributed by atoms with E-state index in [4.69, 9.17) is 4.74 Å². The van der Waals surface area contributed by atoms with Crippen LogP contribution in [0, 0.1) is 5.82 Å². The van der Waals surface area contributed by atoms with Gasteiger partial charge in [-0.2, -0.15) is 0 Å². The summed E-state index contributed by atoms with van der Waals surface area (Å²) in [5, 5.41) is 9.37. The molecule has 112 valence electrons. The third-order valence-corrected chi connectivity index (χ3v) is 3.69. The van der Waals surface area contributed by atoms with Gasteiger partial charge in [-0.05, 0) is 26.1 Å². The smallest absolute Gasteiger partial charge is 0.132 e. The van der Waals surface area contributed by atoms with Crippen LogP contribution < -0.4 is 4.74 Å². The molecule has 4 nitrogen and oxygen atoms in total. The van der Waals surface area contributed by atoms with Gasteiger partial charge in [-0.25, -0.2) is 4.39 Å². The summed E-state index contributed by atoms with van der Waals surface area (Å²) in [4.78, 5) is 4.65. The second-order valence-electron chi connectivity index (χ2n) is 5.35. The molecule has 0 unspecified atom stereocenters. The lowest BCUT2D eigenvalue weighted by molar-refractivity contribution is 0.133. The number of hydrogen-bond acceptors (Lipinski definition) is 4. The lowest BCUT2D eigenvalue weighted by Crippen LogP contribution is -2.45. The molecule has 0 saturated carbocycles. The number of benzene rings is 1. The quantitative estimate of drug-likeness (QED) is 0.888. The van der Waals surface area contributed by atoms with Crippen LogP contribution in [0.15, 0.2) is 18.2 Å². The van der Waals surface area contributed by atoms with Crippen molar-refractivity contribution in [1.29, 1.82) is 0 Å². The van der Waals surface area contributed by atoms with E-state index < -0.39 is 11.9 Å². The zero-order valence-electron chi connectivity index (χ0n) is 12.2. The Kier molecular flexibility index (Phi) is 5.34. The van der Waals surface area contributed by atoms with Gasteiger partial charge in [0.25, 0.3) is 0 Å². The molecule has 2 rings (SSSR count). The van der Waals surface area contributed by atoms with Gasteiger partial charge in [0, 0.05) is 44.4 Å². The molecule has 0 bridgehead atoms. The molecule has 1 saturated heterocycles. The van der Waals surface area contributed by atoms with E-state index in [0.717, 1.165) is 32.7 Å². The van der Waals surface area contributed by atoms with E-state index in [1.165, 1.54) is 6.07 Å². The molecule has 5 heteroatoms. The summed E-state index contributed by atoms with van der Waals surface area (Å²) >= 11 is 0. The zero-order valence-corrected chi connectivity index (χ0v) is 12.2. The molecule has 1 aliphatic heterocycles. The summed E-state index contributed by atoms with van der Waals surface area (Å²) in [5.74, 6) is 0.0955. The summed E-state index contributed by atoms with van der Waals surface area (Å²) in [6, 6.07) is 4.62. The predicted octanol–water partition coefficient (Wildman–Crippen LogP) is 1.51. The third-order valence-electron chi connectivity index (χ3n) is 3.69. The maximum atomic E-state index is 13.7. The molecule has 1 aromatic rings. The number of likely N-dealkylation sites (N-methyl/N-ethyl adjacent to an activating group) is 1. The van der Waals surface area contributed by atoms with Crippen molar-refractivity contribution in [3.05, 3.63) is 29.6 Å². The Labute approximate surface area is 119 Å². The highest BCUT2D eigenvalue weighted by Crippen LogP contribution is 2.21. The molecule has 0 spiro atoms. The van der Waals surface area contributed by atoms with Gasteiger partial charge in [0.2, 0.25) is 0 Å². The summed E-state index contributed by atoms with van der Waals surface area (Å²) in [5.41, 5.74) is 0.302. The van der Waals surface area contributed by atoms with E-state index in [1.807, 2.05) is 0 Å². The fourth-order valence-corrected chi connectivity index (χ4v) is 2.30. The first-order chi connectivity index (χ1) is 9.56. The number of aliphatic hydroxyl groups excluding tert-OH is 1. The maximum Gasteiger partial charge on any atom is 0.132 e. The highest BCUT2D eigenvalue weighted by atomic mass is 19.1. The average molecular weight is 282 g/mol. The molecule has 0 aromatic heterocycles. The molecule has 1 aliphatic rings. The monoisotopic (exact) mass is 282 g/mol. The van der Waals surface area contributed by atoms with Crippen LogP contribution in [0.4, 0.5) is 4.39 Å². The third kappa shape index (κ3) is 4.16. The summed E-state index contributed by atoms with van der Waals surface area (Å²) in [6.45, 7) is 7.22. The van der Waals surface area contributed by atoms with Crippen molar-refractivity contribution in [3.63, 3.8) is 0 Å². The fraction of sp³-hybridized carbons (Fsp3) is 0.600. The van der Waals surface area contributed by atoms with Gasteiger partial charge in [0.05, 0.1) is 6.10 Å². The number of piperazine rings is 1. The fourth-order valence-electron chi connectivity index (χ4n) is 2.30. The van der Waals surface area contributed by atoms with E-state index in [0.29, 0.717) is 17.9 Å². The van der Waals surface area contributed by atoms with Crippen molar-refractivity contribution >= 4 is 0 Å². The molecule has 0 amide bonds. The van der Waals surface area contributed by atoms with Crippen molar-refractivity contribution in [2.75, 3.05) is 46.4 Å². The number of hydrogen-bond donors (Lipinski definition) is 1. The SMILES string of the molecule is C[C@@H](O)c1ccc(OCCN2CCN(C)CC2)cc1F. The minimum Gasteiger partial charge on any atom is -0.492 e. The lowest BCUT2D eigenvalue weighted by Gasteiger charge is -2.32. The van der Waals surface area contributed by atoms with Crippen LogP contribution >= 0.6 is 0 Å². The van der Waals surface area contributed by atoms with Crippen molar-refractivity contribution in [2.45, 2.75) is 13.0 Å². The molecular weight excluding hydrogens is 259 g/mol. The van der Waals surface area contributed by atoms with Gasteiger partial charge >= 0.3 is 0 Å². The molecule has 1 aromatic carbocycles. The second kappa shape index (κ2) is 7.02. The lowest BCUT2D eigenvalue weighted by atomic mass is 10.1. The summed E-state index contributed by atoms with van der Waals surface area (Å²) < 4.78 is 19.2. The Morgan fingerprint density at radius 2 is 2.00 bits per heavy atom. The van der Waals surface area contributed by atoms with Crippen LogP contribution in [0.3, 0.4) is 0 Å². The molecule has 20 heavy (non-hydrogen) atoms. The van der Waals surface area contributed by atoms with Gasteiger partial charge in [-0.3, -0.25) is 4.90 Å². The first kappa shape index (κ1) is 15.2. The molecular formula is C15H23FN2O2.